The zero-order valence-electron chi connectivity index (χ0n) is 9.86. The van der Waals surface area contributed by atoms with Gasteiger partial charge < -0.3 is 5.32 Å². The first-order chi connectivity index (χ1) is 9.20. The van der Waals surface area contributed by atoms with Crippen LogP contribution in [0.2, 0.25) is 10.0 Å². The molecule has 0 aliphatic heterocycles. The van der Waals surface area contributed by atoms with Gasteiger partial charge in [-0.1, -0.05) is 23.2 Å². The Morgan fingerprint density at radius 1 is 1.00 bits per heavy atom. The van der Waals surface area contributed by atoms with E-state index in [1.54, 1.807) is 11.3 Å². The molecule has 3 rings (SSSR count). The van der Waals surface area contributed by atoms with Crippen molar-refractivity contribution in [2.45, 2.75) is 6.54 Å². The van der Waals surface area contributed by atoms with Gasteiger partial charge in [0.2, 0.25) is 0 Å². The van der Waals surface area contributed by atoms with Crippen molar-refractivity contribution in [2.75, 3.05) is 5.32 Å². The maximum absolute atomic E-state index is 5.95. The minimum atomic E-state index is 0.693. The molecule has 0 aliphatic rings. The van der Waals surface area contributed by atoms with Crippen LogP contribution in [-0.4, -0.2) is 4.98 Å². The lowest BCUT2D eigenvalue weighted by atomic mass is 10.3. The van der Waals surface area contributed by atoms with Crippen LogP contribution in [-0.2, 0) is 6.54 Å². The predicted molar refractivity (Wildman–Crippen MR) is 83.4 cm³/mol. The third-order valence-corrected chi connectivity index (χ3v) is 4.21. The molecule has 2 aromatic carbocycles. The van der Waals surface area contributed by atoms with Crippen LogP contribution in [0.5, 0.6) is 0 Å². The first-order valence-corrected chi connectivity index (χ1v) is 7.32. The van der Waals surface area contributed by atoms with Gasteiger partial charge >= 0.3 is 0 Å². The SMILES string of the molecule is Clc1ccc(NCc2nc3cc(Cl)ccc3s2)cc1. The minimum Gasteiger partial charge on any atom is -0.379 e. The van der Waals surface area contributed by atoms with Gasteiger partial charge in [-0.25, -0.2) is 4.98 Å². The number of fused-ring (bicyclic) bond motifs is 1. The van der Waals surface area contributed by atoms with Gasteiger partial charge in [-0.05, 0) is 42.5 Å². The molecule has 0 aliphatic carbocycles. The number of benzene rings is 2. The molecule has 0 atom stereocenters. The summed E-state index contributed by atoms with van der Waals surface area (Å²) in [6, 6.07) is 13.4. The molecule has 0 bridgehead atoms. The summed E-state index contributed by atoms with van der Waals surface area (Å²) in [6.45, 7) is 0.693. The Hall–Kier alpha value is -1.29. The van der Waals surface area contributed by atoms with Crippen LogP contribution in [0.4, 0.5) is 5.69 Å². The summed E-state index contributed by atoms with van der Waals surface area (Å²) in [5.74, 6) is 0. The van der Waals surface area contributed by atoms with Crippen molar-refractivity contribution < 1.29 is 0 Å². The van der Waals surface area contributed by atoms with Crippen molar-refractivity contribution in [1.29, 1.82) is 0 Å². The molecule has 0 unspecified atom stereocenters. The van der Waals surface area contributed by atoms with E-state index in [2.05, 4.69) is 10.3 Å². The van der Waals surface area contributed by atoms with Crippen molar-refractivity contribution in [1.82, 2.24) is 4.98 Å². The molecule has 19 heavy (non-hydrogen) atoms. The van der Waals surface area contributed by atoms with E-state index in [1.807, 2.05) is 42.5 Å². The van der Waals surface area contributed by atoms with Crippen molar-refractivity contribution in [3.05, 3.63) is 57.5 Å². The maximum Gasteiger partial charge on any atom is 0.113 e. The highest BCUT2D eigenvalue weighted by Gasteiger charge is 2.04. The first-order valence-electron chi connectivity index (χ1n) is 5.75. The number of aromatic nitrogens is 1. The summed E-state index contributed by atoms with van der Waals surface area (Å²) in [5.41, 5.74) is 1.98. The minimum absolute atomic E-state index is 0.693. The lowest BCUT2D eigenvalue weighted by Crippen LogP contribution is -1.98. The molecule has 5 heteroatoms. The molecular weight excluding hydrogens is 299 g/mol. The number of anilines is 1. The zero-order chi connectivity index (χ0) is 13.2. The standard InChI is InChI=1S/C14H10Cl2N2S/c15-9-1-4-11(5-2-9)17-8-14-18-12-7-10(16)3-6-13(12)19-14/h1-7,17H,8H2. The number of nitrogens with one attached hydrogen (secondary N) is 1. The average Bonchev–Trinajstić information content (AvgIpc) is 2.80. The van der Waals surface area contributed by atoms with E-state index < -0.39 is 0 Å². The van der Waals surface area contributed by atoms with Crippen LogP contribution in [0.15, 0.2) is 42.5 Å². The monoisotopic (exact) mass is 308 g/mol. The number of hydrogen-bond acceptors (Lipinski definition) is 3. The molecular formula is C14H10Cl2N2S. The normalized spacial score (nSPS) is 10.8. The number of thiazole rings is 1. The van der Waals surface area contributed by atoms with Gasteiger partial charge in [0.15, 0.2) is 0 Å². The van der Waals surface area contributed by atoms with Crippen LogP contribution in [0.1, 0.15) is 5.01 Å². The molecule has 2 nitrogen and oxygen atoms in total. The highest BCUT2D eigenvalue weighted by Crippen LogP contribution is 2.25. The first kappa shape index (κ1) is 12.7. The Labute approximate surface area is 125 Å². The number of rotatable bonds is 3. The summed E-state index contributed by atoms with van der Waals surface area (Å²) in [4.78, 5) is 4.55. The topological polar surface area (TPSA) is 24.9 Å². The fraction of sp³-hybridized carbons (Fsp3) is 0.0714. The summed E-state index contributed by atoms with van der Waals surface area (Å²) in [5, 5.41) is 5.81. The van der Waals surface area contributed by atoms with Crippen LogP contribution in [0.25, 0.3) is 10.2 Å². The second-order valence-corrected chi connectivity index (χ2v) is 6.07. The quantitative estimate of drug-likeness (QED) is 0.718. The van der Waals surface area contributed by atoms with Crippen molar-refractivity contribution in [3.8, 4) is 0 Å². The van der Waals surface area contributed by atoms with Gasteiger partial charge in [-0.15, -0.1) is 11.3 Å². The highest BCUT2D eigenvalue weighted by molar-refractivity contribution is 7.18. The van der Waals surface area contributed by atoms with Gasteiger partial charge in [-0.2, -0.15) is 0 Å². The Morgan fingerprint density at radius 3 is 2.53 bits per heavy atom. The molecule has 0 fully saturated rings. The molecule has 96 valence electrons. The smallest absolute Gasteiger partial charge is 0.113 e. The average molecular weight is 309 g/mol. The molecule has 0 amide bonds. The maximum atomic E-state index is 5.95. The lowest BCUT2D eigenvalue weighted by molar-refractivity contribution is 1.12. The Kier molecular flexibility index (Phi) is 3.60. The molecule has 1 aromatic heterocycles. The van der Waals surface area contributed by atoms with Gasteiger partial charge in [0.25, 0.3) is 0 Å². The molecule has 0 saturated heterocycles. The Bertz CT molecular complexity index is 707. The lowest BCUT2D eigenvalue weighted by Gasteiger charge is -2.03. The summed E-state index contributed by atoms with van der Waals surface area (Å²) < 4.78 is 1.15. The van der Waals surface area contributed by atoms with Crippen molar-refractivity contribution in [2.24, 2.45) is 0 Å². The third kappa shape index (κ3) is 3.00. The molecule has 3 aromatic rings. The predicted octanol–water partition coefficient (Wildman–Crippen LogP) is 5.22. The summed E-state index contributed by atoms with van der Waals surface area (Å²) in [6.07, 6.45) is 0. The molecule has 1 N–H and O–H groups in total. The van der Waals surface area contributed by atoms with E-state index in [0.29, 0.717) is 6.54 Å². The van der Waals surface area contributed by atoms with Crippen LogP contribution in [0, 0.1) is 0 Å². The second kappa shape index (κ2) is 5.37. The number of nitrogens with zero attached hydrogens (tertiary/aromatic N) is 1. The van der Waals surface area contributed by atoms with Gasteiger partial charge in [-0.3, -0.25) is 0 Å². The fourth-order valence-electron chi connectivity index (χ4n) is 1.77. The van der Waals surface area contributed by atoms with E-state index in [9.17, 15) is 0 Å². The van der Waals surface area contributed by atoms with E-state index in [1.165, 1.54) is 0 Å². The van der Waals surface area contributed by atoms with Crippen LogP contribution >= 0.6 is 34.5 Å². The van der Waals surface area contributed by atoms with E-state index >= 15 is 0 Å². The number of hydrogen-bond donors (Lipinski definition) is 1. The highest BCUT2D eigenvalue weighted by atomic mass is 35.5. The van der Waals surface area contributed by atoms with Gasteiger partial charge in [0.05, 0.1) is 16.8 Å². The fourth-order valence-corrected chi connectivity index (χ4v) is 2.95. The summed E-state index contributed by atoms with van der Waals surface area (Å²) >= 11 is 13.5. The molecule has 1 heterocycles. The number of halogens is 2. The van der Waals surface area contributed by atoms with E-state index in [4.69, 9.17) is 23.2 Å². The third-order valence-electron chi connectivity index (χ3n) is 2.68. The van der Waals surface area contributed by atoms with Crippen molar-refractivity contribution in [3.63, 3.8) is 0 Å². The van der Waals surface area contributed by atoms with E-state index in [0.717, 1.165) is 31.0 Å². The summed E-state index contributed by atoms with van der Waals surface area (Å²) in [7, 11) is 0. The van der Waals surface area contributed by atoms with Crippen LogP contribution < -0.4 is 5.32 Å². The Morgan fingerprint density at radius 2 is 1.74 bits per heavy atom. The second-order valence-electron chi connectivity index (χ2n) is 4.08. The molecule has 0 saturated carbocycles. The Balaban J connectivity index is 1.76. The molecule has 0 radical (unpaired) electrons. The van der Waals surface area contributed by atoms with E-state index in [-0.39, 0.29) is 0 Å². The van der Waals surface area contributed by atoms with Crippen LogP contribution in [0.3, 0.4) is 0 Å². The zero-order valence-corrected chi connectivity index (χ0v) is 12.2. The van der Waals surface area contributed by atoms with Gasteiger partial charge in [0, 0.05) is 15.7 Å². The van der Waals surface area contributed by atoms with Gasteiger partial charge in [0.1, 0.15) is 5.01 Å². The largest absolute Gasteiger partial charge is 0.379 e. The molecule has 0 spiro atoms. The van der Waals surface area contributed by atoms with Crippen molar-refractivity contribution >= 4 is 50.4 Å².